The highest BCUT2D eigenvalue weighted by atomic mass is 15.1. The molecular formula is C57H37N. The molecule has 0 N–H and O–H groups in total. The largest absolute Gasteiger partial charge is 0.336 e. The summed E-state index contributed by atoms with van der Waals surface area (Å²) in [5, 5.41) is 0. The van der Waals surface area contributed by atoms with Crippen LogP contribution >= 0.6 is 0 Å². The van der Waals surface area contributed by atoms with E-state index in [1.165, 1.54) is 112 Å². The van der Waals surface area contributed by atoms with Crippen LogP contribution in [0.5, 0.6) is 0 Å². The van der Waals surface area contributed by atoms with Gasteiger partial charge in [0.15, 0.2) is 0 Å². The van der Waals surface area contributed by atoms with Gasteiger partial charge in [0, 0.05) is 29.4 Å². The third-order valence-electron chi connectivity index (χ3n) is 14.8. The lowest BCUT2D eigenvalue weighted by Crippen LogP contribution is -2.33. The molecule has 5 aliphatic carbocycles. The standard InChI is InChI=1S/C57H37N/c1-2-16-37-35(15-1)34-58(36-29-30-44-42-21-7-13-27-51(42)56(53(44)31-36)47-23-9-3-17-38(47)39-18-4-10-24-48(39)56)55-33-54-45(32-46(37)55)43-22-8-14-28-52(43)57(54)49-25-11-5-19-40(49)41-20-6-12-26-50(41)57/h1-25,27-33,50H,26,34H2. The molecule has 8 aromatic rings. The summed E-state index contributed by atoms with van der Waals surface area (Å²) in [7, 11) is 0. The first-order valence-electron chi connectivity index (χ1n) is 20.8. The van der Waals surface area contributed by atoms with E-state index in [0.717, 1.165) is 13.0 Å². The quantitative estimate of drug-likeness (QED) is 0.162. The molecule has 1 nitrogen and oxygen atoms in total. The van der Waals surface area contributed by atoms with Crippen LogP contribution in [0.1, 0.15) is 56.5 Å². The van der Waals surface area contributed by atoms with Gasteiger partial charge in [-0.15, -0.1) is 0 Å². The monoisotopic (exact) mass is 735 g/mol. The van der Waals surface area contributed by atoms with Gasteiger partial charge in [0.1, 0.15) is 0 Å². The van der Waals surface area contributed by atoms with Crippen molar-refractivity contribution in [3.8, 4) is 44.5 Å². The molecule has 0 radical (unpaired) electrons. The number of benzene rings is 8. The molecule has 2 atom stereocenters. The average molecular weight is 736 g/mol. The molecule has 2 spiro atoms. The topological polar surface area (TPSA) is 3.24 Å². The molecule has 58 heavy (non-hydrogen) atoms. The molecule has 1 heteroatoms. The van der Waals surface area contributed by atoms with Crippen LogP contribution in [-0.2, 0) is 17.4 Å². The van der Waals surface area contributed by atoms with Gasteiger partial charge < -0.3 is 4.90 Å². The second-order valence-electron chi connectivity index (χ2n) is 17.0. The minimum absolute atomic E-state index is 0.266. The lowest BCUT2D eigenvalue weighted by molar-refractivity contribution is 0.494. The molecule has 0 bridgehead atoms. The summed E-state index contributed by atoms with van der Waals surface area (Å²) in [5.41, 5.74) is 26.7. The molecule has 0 saturated carbocycles. The molecule has 8 aromatic carbocycles. The van der Waals surface area contributed by atoms with E-state index in [0.29, 0.717) is 5.92 Å². The number of hydrogen-bond acceptors (Lipinski definition) is 1. The van der Waals surface area contributed by atoms with Gasteiger partial charge >= 0.3 is 0 Å². The van der Waals surface area contributed by atoms with Gasteiger partial charge in [-0.1, -0.05) is 170 Å². The maximum atomic E-state index is 2.64. The van der Waals surface area contributed by atoms with Crippen LogP contribution in [0.4, 0.5) is 11.4 Å². The zero-order valence-electron chi connectivity index (χ0n) is 31.9. The molecule has 270 valence electrons. The van der Waals surface area contributed by atoms with Crippen molar-refractivity contribution >= 4 is 16.9 Å². The highest BCUT2D eigenvalue weighted by Gasteiger charge is 2.57. The molecule has 0 saturated heterocycles. The fourth-order valence-corrected chi connectivity index (χ4v) is 12.7. The number of rotatable bonds is 1. The van der Waals surface area contributed by atoms with Crippen molar-refractivity contribution in [1.82, 2.24) is 0 Å². The van der Waals surface area contributed by atoms with Crippen LogP contribution in [0, 0.1) is 5.92 Å². The molecule has 0 fully saturated rings. The van der Waals surface area contributed by atoms with Crippen molar-refractivity contribution in [3.63, 3.8) is 0 Å². The molecule has 0 amide bonds. The molecule has 14 rings (SSSR count). The fourth-order valence-electron chi connectivity index (χ4n) is 12.7. The maximum Gasteiger partial charge on any atom is 0.0726 e. The van der Waals surface area contributed by atoms with E-state index in [4.69, 9.17) is 0 Å². The predicted octanol–water partition coefficient (Wildman–Crippen LogP) is 13.6. The predicted molar refractivity (Wildman–Crippen MR) is 237 cm³/mol. The van der Waals surface area contributed by atoms with Gasteiger partial charge in [-0.05, 0) is 125 Å². The van der Waals surface area contributed by atoms with Crippen LogP contribution in [0.2, 0.25) is 0 Å². The molecule has 1 heterocycles. The van der Waals surface area contributed by atoms with E-state index < -0.39 is 0 Å². The number of nitrogens with zero attached hydrogens (tertiary/aromatic N) is 1. The normalized spacial score (nSPS) is 19.6. The van der Waals surface area contributed by atoms with E-state index >= 15 is 0 Å². The molecular weight excluding hydrogens is 699 g/mol. The Kier molecular flexibility index (Phi) is 5.86. The second-order valence-corrected chi connectivity index (χ2v) is 17.0. The van der Waals surface area contributed by atoms with Crippen molar-refractivity contribution in [2.45, 2.75) is 23.8 Å². The van der Waals surface area contributed by atoms with Crippen LogP contribution in [0.25, 0.3) is 50.1 Å². The van der Waals surface area contributed by atoms with Gasteiger partial charge in [-0.2, -0.15) is 0 Å². The molecule has 0 aromatic heterocycles. The fraction of sp³-hybridized carbons (Fsp3) is 0.0877. The van der Waals surface area contributed by atoms with Gasteiger partial charge in [0.2, 0.25) is 0 Å². The second kappa shape index (κ2) is 10.9. The van der Waals surface area contributed by atoms with Crippen molar-refractivity contribution in [2.24, 2.45) is 5.92 Å². The zero-order chi connectivity index (χ0) is 37.7. The number of allylic oxidation sites excluding steroid dienone is 4. The Bertz CT molecular complexity index is 3150. The van der Waals surface area contributed by atoms with Crippen LogP contribution in [-0.4, -0.2) is 0 Å². The molecule has 1 aliphatic heterocycles. The summed E-state index contributed by atoms with van der Waals surface area (Å²) in [4.78, 5) is 2.64. The van der Waals surface area contributed by atoms with Crippen LogP contribution in [0.15, 0.2) is 194 Å². The summed E-state index contributed by atoms with van der Waals surface area (Å²) in [6.07, 6.45) is 8.07. The molecule has 2 unspecified atom stereocenters. The highest BCUT2D eigenvalue weighted by Crippen LogP contribution is 2.67. The lowest BCUT2D eigenvalue weighted by Gasteiger charge is -2.38. The van der Waals surface area contributed by atoms with Crippen molar-refractivity contribution in [3.05, 3.63) is 244 Å². The third kappa shape index (κ3) is 3.53. The third-order valence-corrected chi connectivity index (χ3v) is 14.8. The van der Waals surface area contributed by atoms with Gasteiger partial charge in [0.25, 0.3) is 0 Å². The Balaban J connectivity index is 1.04. The van der Waals surface area contributed by atoms with Crippen molar-refractivity contribution < 1.29 is 0 Å². The van der Waals surface area contributed by atoms with Crippen molar-refractivity contribution in [1.29, 1.82) is 0 Å². The summed E-state index contributed by atoms with van der Waals surface area (Å²) in [6, 6.07) is 67.6. The first kappa shape index (κ1) is 31.2. The van der Waals surface area contributed by atoms with Gasteiger partial charge in [-0.3, -0.25) is 0 Å². The van der Waals surface area contributed by atoms with E-state index in [9.17, 15) is 0 Å². The summed E-state index contributed by atoms with van der Waals surface area (Å²) in [5.74, 6) is 0.334. The lowest BCUT2D eigenvalue weighted by atomic mass is 9.65. The highest BCUT2D eigenvalue weighted by molar-refractivity contribution is 6.00. The van der Waals surface area contributed by atoms with Gasteiger partial charge in [0.05, 0.1) is 10.8 Å². The van der Waals surface area contributed by atoms with Crippen molar-refractivity contribution in [2.75, 3.05) is 4.90 Å². The summed E-state index contributed by atoms with van der Waals surface area (Å²) in [6.45, 7) is 0.807. The number of hydrogen-bond donors (Lipinski definition) is 0. The Hall–Kier alpha value is -6.96. The Labute approximate surface area is 338 Å². The zero-order valence-corrected chi connectivity index (χ0v) is 31.9. The first-order chi connectivity index (χ1) is 28.8. The SMILES string of the molecule is C1=CCC2C(=C1)c1ccccc1C21c2ccccc2-c2cc3c(cc21)N(c1ccc2c(c1)C1(c4ccccc4-c4ccccc41)c1ccccc1-2)Cc1ccccc1-3. The van der Waals surface area contributed by atoms with Gasteiger partial charge in [-0.25, -0.2) is 0 Å². The Morgan fingerprint density at radius 2 is 0.948 bits per heavy atom. The van der Waals surface area contributed by atoms with Crippen LogP contribution in [0.3, 0.4) is 0 Å². The maximum absolute atomic E-state index is 2.64. The van der Waals surface area contributed by atoms with E-state index in [2.05, 4.69) is 199 Å². The van der Waals surface area contributed by atoms with E-state index in [-0.39, 0.29) is 10.8 Å². The Morgan fingerprint density at radius 3 is 1.62 bits per heavy atom. The molecule has 6 aliphatic rings. The van der Waals surface area contributed by atoms with E-state index in [1.807, 2.05) is 0 Å². The average Bonchev–Trinajstić information content (AvgIpc) is 3.97. The smallest absolute Gasteiger partial charge is 0.0726 e. The van der Waals surface area contributed by atoms with Crippen LogP contribution < -0.4 is 4.90 Å². The summed E-state index contributed by atoms with van der Waals surface area (Å²) < 4.78 is 0. The minimum atomic E-state index is -0.389. The Morgan fingerprint density at radius 1 is 0.414 bits per heavy atom. The number of anilines is 2. The van der Waals surface area contributed by atoms with E-state index in [1.54, 1.807) is 0 Å². The summed E-state index contributed by atoms with van der Waals surface area (Å²) >= 11 is 0. The first-order valence-corrected chi connectivity index (χ1v) is 20.8. The number of fused-ring (bicyclic) bond motifs is 23. The minimum Gasteiger partial charge on any atom is -0.336 e.